The molecule has 0 spiro atoms. The smallest absolute Gasteiger partial charge is 0.164 e. The first-order valence-corrected chi connectivity index (χ1v) is 9.01. The third kappa shape index (κ3) is 3.69. The minimum Gasteiger partial charge on any atom is -0.367 e. The van der Waals surface area contributed by atoms with Crippen LogP contribution >= 0.6 is 0 Å². The number of halogens is 1. The van der Waals surface area contributed by atoms with Gasteiger partial charge < -0.3 is 9.80 Å². The van der Waals surface area contributed by atoms with E-state index in [1.54, 1.807) is 6.07 Å². The van der Waals surface area contributed by atoms with Crippen molar-refractivity contribution in [1.82, 2.24) is 9.97 Å². The minimum atomic E-state index is -0.453. The fourth-order valence-electron chi connectivity index (χ4n) is 3.30. The number of aromatic nitrogens is 2. The van der Waals surface area contributed by atoms with Gasteiger partial charge in [-0.1, -0.05) is 19.9 Å². The quantitative estimate of drug-likeness (QED) is 0.784. The van der Waals surface area contributed by atoms with E-state index in [9.17, 15) is 9.18 Å². The highest BCUT2D eigenvalue weighted by atomic mass is 19.1. The Bertz CT molecular complexity index is 813. The summed E-state index contributed by atoms with van der Waals surface area (Å²) in [5.41, 5.74) is 1.82. The van der Waals surface area contributed by atoms with Crippen LogP contribution in [0.2, 0.25) is 0 Å². The summed E-state index contributed by atoms with van der Waals surface area (Å²) in [4.78, 5) is 25.4. The van der Waals surface area contributed by atoms with Gasteiger partial charge in [-0.05, 0) is 26.0 Å². The van der Waals surface area contributed by atoms with Crippen molar-refractivity contribution >= 4 is 17.3 Å². The number of aryl methyl sites for hydroxylation is 1. The number of carbonyl (C=O) groups excluding carboxylic acids is 1. The van der Waals surface area contributed by atoms with Crippen molar-refractivity contribution in [3.63, 3.8) is 0 Å². The summed E-state index contributed by atoms with van der Waals surface area (Å²) >= 11 is 0. The number of rotatable bonds is 4. The Morgan fingerprint density at radius 1 is 1.12 bits per heavy atom. The van der Waals surface area contributed by atoms with E-state index in [2.05, 4.69) is 28.6 Å². The molecule has 5 nitrogen and oxygen atoms in total. The van der Waals surface area contributed by atoms with Gasteiger partial charge in [-0.25, -0.2) is 14.4 Å². The van der Waals surface area contributed by atoms with Gasteiger partial charge in [0.05, 0.1) is 11.3 Å². The maximum Gasteiger partial charge on any atom is 0.164 e. The normalized spacial score (nSPS) is 14.8. The second-order valence-corrected chi connectivity index (χ2v) is 7.04. The Morgan fingerprint density at radius 2 is 1.77 bits per heavy atom. The Hall–Kier alpha value is -2.50. The molecule has 1 aliphatic heterocycles. The lowest BCUT2D eigenvalue weighted by Gasteiger charge is -2.37. The molecule has 1 saturated heterocycles. The summed E-state index contributed by atoms with van der Waals surface area (Å²) in [6.07, 6.45) is 0. The molecular weight excluding hydrogens is 331 g/mol. The number of nitrogens with zero attached hydrogens (tertiary/aromatic N) is 4. The third-order valence-electron chi connectivity index (χ3n) is 4.66. The lowest BCUT2D eigenvalue weighted by Crippen LogP contribution is -2.47. The average molecular weight is 356 g/mol. The van der Waals surface area contributed by atoms with Crippen molar-refractivity contribution in [3.8, 4) is 0 Å². The topological polar surface area (TPSA) is 49.3 Å². The minimum absolute atomic E-state index is 0.181. The third-order valence-corrected chi connectivity index (χ3v) is 4.66. The summed E-state index contributed by atoms with van der Waals surface area (Å²) in [5, 5.41) is 0. The fraction of sp³-hybridized carbons (Fsp3) is 0.450. The lowest BCUT2D eigenvalue weighted by atomic mass is 10.1. The van der Waals surface area contributed by atoms with E-state index in [0.29, 0.717) is 18.8 Å². The highest BCUT2D eigenvalue weighted by Gasteiger charge is 2.23. The molecule has 0 atom stereocenters. The second kappa shape index (κ2) is 7.40. The molecule has 0 saturated carbocycles. The van der Waals surface area contributed by atoms with Crippen LogP contribution in [0.4, 0.5) is 15.9 Å². The molecule has 0 amide bonds. The van der Waals surface area contributed by atoms with Crippen molar-refractivity contribution in [2.24, 2.45) is 0 Å². The number of hydrogen-bond donors (Lipinski definition) is 0. The molecule has 1 aliphatic rings. The number of ketones is 1. The number of Topliss-reactive ketones (excluding diaryl/α,β-unsaturated/α-hetero) is 1. The van der Waals surface area contributed by atoms with Crippen LogP contribution in [-0.2, 0) is 0 Å². The van der Waals surface area contributed by atoms with Crippen molar-refractivity contribution in [2.75, 3.05) is 36.0 Å². The molecule has 0 radical (unpaired) electrons. The van der Waals surface area contributed by atoms with Crippen LogP contribution in [0.1, 0.15) is 48.6 Å². The van der Waals surface area contributed by atoms with Crippen LogP contribution in [0, 0.1) is 12.7 Å². The Kier molecular flexibility index (Phi) is 5.20. The van der Waals surface area contributed by atoms with E-state index >= 15 is 0 Å². The van der Waals surface area contributed by atoms with Gasteiger partial charge in [-0.15, -0.1) is 0 Å². The van der Waals surface area contributed by atoms with E-state index in [0.717, 1.165) is 30.4 Å². The molecule has 2 aromatic rings. The van der Waals surface area contributed by atoms with Gasteiger partial charge in [-0.3, -0.25) is 4.79 Å². The molecule has 26 heavy (non-hydrogen) atoms. The van der Waals surface area contributed by atoms with Crippen LogP contribution in [0.5, 0.6) is 0 Å². The molecule has 0 N–H and O–H groups in total. The maximum absolute atomic E-state index is 14.1. The summed E-state index contributed by atoms with van der Waals surface area (Å²) in [7, 11) is 0. The molecular formula is C20H25FN4O. The first-order chi connectivity index (χ1) is 12.4. The first kappa shape index (κ1) is 18.3. The van der Waals surface area contributed by atoms with Crippen molar-refractivity contribution < 1.29 is 9.18 Å². The second-order valence-electron chi connectivity index (χ2n) is 7.04. The molecule has 1 fully saturated rings. The van der Waals surface area contributed by atoms with Crippen LogP contribution in [0.15, 0.2) is 24.3 Å². The van der Waals surface area contributed by atoms with Crippen LogP contribution in [-0.4, -0.2) is 41.9 Å². The number of anilines is 2. The molecule has 1 aromatic heterocycles. The zero-order chi connectivity index (χ0) is 18.8. The first-order valence-electron chi connectivity index (χ1n) is 9.01. The van der Waals surface area contributed by atoms with Gasteiger partial charge in [0.1, 0.15) is 17.5 Å². The summed E-state index contributed by atoms with van der Waals surface area (Å²) in [6, 6.07) is 6.83. The van der Waals surface area contributed by atoms with Crippen LogP contribution in [0.3, 0.4) is 0 Å². The SMILES string of the molecule is CC(=O)c1c(F)cccc1N1CCN(c2cc(C)nc(C(C)C)n2)CC1. The Morgan fingerprint density at radius 3 is 2.38 bits per heavy atom. The number of carbonyl (C=O) groups is 1. The van der Waals surface area contributed by atoms with Gasteiger partial charge in [0, 0.05) is 43.9 Å². The zero-order valence-electron chi connectivity index (χ0n) is 15.8. The largest absolute Gasteiger partial charge is 0.367 e. The molecule has 6 heteroatoms. The molecule has 0 aliphatic carbocycles. The molecule has 138 valence electrons. The number of hydrogen-bond acceptors (Lipinski definition) is 5. The summed E-state index contributed by atoms with van der Waals surface area (Å²) in [6.45, 7) is 10.5. The van der Waals surface area contributed by atoms with E-state index in [1.165, 1.54) is 13.0 Å². The van der Waals surface area contributed by atoms with Crippen molar-refractivity contribution in [2.45, 2.75) is 33.6 Å². The predicted octanol–water partition coefficient (Wildman–Crippen LogP) is 3.58. The maximum atomic E-state index is 14.1. The molecule has 1 aromatic carbocycles. The average Bonchev–Trinajstić information content (AvgIpc) is 2.60. The van der Waals surface area contributed by atoms with Crippen LogP contribution < -0.4 is 9.80 Å². The summed E-state index contributed by atoms with van der Waals surface area (Å²) < 4.78 is 14.1. The number of piperazine rings is 1. The van der Waals surface area contributed by atoms with E-state index in [4.69, 9.17) is 4.98 Å². The highest BCUT2D eigenvalue weighted by molar-refractivity contribution is 6.00. The van der Waals surface area contributed by atoms with Crippen molar-refractivity contribution in [3.05, 3.63) is 47.2 Å². The van der Waals surface area contributed by atoms with E-state index in [-0.39, 0.29) is 17.3 Å². The standard InChI is InChI=1S/C20H25FN4O/c1-13(2)20-22-14(3)12-18(23-20)25-10-8-24(9-11-25)17-7-5-6-16(21)19(17)15(4)26/h5-7,12-13H,8-11H2,1-4H3. The zero-order valence-corrected chi connectivity index (χ0v) is 15.8. The summed E-state index contributed by atoms with van der Waals surface area (Å²) in [5.74, 6) is 1.37. The molecule has 3 rings (SSSR count). The monoisotopic (exact) mass is 356 g/mol. The van der Waals surface area contributed by atoms with Gasteiger partial charge in [-0.2, -0.15) is 0 Å². The van der Waals surface area contributed by atoms with Gasteiger partial charge >= 0.3 is 0 Å². The van der Waals surface area contributed by atoms with Gasteiger partial charge in [0.15, 0.2) is 5.78 Å². The fourth-order valence-corrected chi connectivity index (χ4v) is 3.30. The molecule has 0 bridgehead atoms. The molecule has 2 heterocycles. The van der Waals surface area contributed by atoms with Gasteiger partial charge in [0.2, 0.25) is 0 Å². The van der Waals surface area contributed by atoms with Crippen molar-refractivity contribution in [1.29, 1.82) is 0 Å². The van der Waals surface area contributed by atoms with Gasteiger partial charge in [0.25, 0.3) is 0 Å². The Labute approximate surface area is 153 Å². The lowest BCUT2D eigenvalue weighted by molar-refractivity contribution is 0.101. The van der Waals surface area contributed by atoms with E-state index in [1.807, 2.05) is 19.1 Å². The highest BCUT2D eigenvalue weighted by Crippen LogP contribution is 2.26. The number of benzene rings is 1. The van der Waals surface area contributed by atoms with Crippen LogP contribution in [0.25, 0.3) is 0 Å². The predicted molar refractivity (Wildman–Crippen MR) is 102 cm³/mol. The molecule has 0 unspecified atom stereocenters. The Balaban J connectivity index is 1.79. The van der Waals surface area contributed by atoms with E-state index < -0.39 is 5.82 Å².